The molecule has 3 aromatic heterocycles. The minimum absolute atomic E-state index is 0.0954. The van der Waals surface area contributed by atoms with Crippen LogP contribution in [0.3, 0.4) is 0 Å². The molecule has 132 valence electrons. The Morgan fingerprint density at radius 3 is 2.38 bits per heavy atom. The van der Waals surface area contributed by atoms with E-state index in [4.69, 9.17) is 0 Å². The molecule has 0 saturated carbocycles. The van der Waals surface area contributed by atoms with Crippen LogP contribution in [0.15, 0.2) is 42.5 Å². The number of benzene rings is 1. The Bertz CT molecular complexity index is 1100. The first-order valence-corrected chi connectivity index (χ1v) is 8.77. The lowest BCUT2D eigenvalue weighted by molar-refractivity contribution is 0.153. The first-order valence-electron chi connectivity index (χ1n) is 7.95. The van der Waals surface area contributed by atoms with Gasteiger partial charge in [-0.15, -0.1) is 11.3 Å². The summed E-state index contributed by atoms with van der Waals surface area (Å²) in [5.41, 5.74) is 1.75. The number of hydrogen-bond acceptors (Lipinski definition) is 3. The molecule has 0 aliphatic carbocycles. The lowest BCUT2D eigenvalue weighted by Crippen LogP contribution is -1.99. The van der Waals surface area contributed by atoms with Crippen LogP contribution in [0.25, 0.3) is 27.3 Å². The molecule has 26 heavy (non-hydrogen) atoms. The van der Waals surface area contributed by atoms with E-state index in [9.17, 15) is 13.2 Å². The van der Waals surface area contributed by atoms with E-state index in [1.54, 1.807) is 19.1 Å². The summed E-state index contributed by atoms with van der Waals surface area (Å²) in [5.74, 6) is -0.377. The second-order valence-electron chi connectivity index (χ2n) is 5.98. The summed E-state index contributed by atoms with van der Waals surface area (Å²) in [5, 5.41) is 4.71. The van der Waals surface area contributed by atoms with E-state index in [2.05, 4.69) is 10.1 Å². The third-order valence-electron chi connectivity index (χ3n) is 4.14. The molecule has 0 saturated heterocycles. The van der Waals surface area contributed by atoms with Gasteiger partial charge in [-0.05, 0) is 56.3 Å². The predicted molar refractivity (Wildman–Crippen MR) is 96.6 cm³/mol. The number of nitrogens with zero attached hydrogens (tertiary/aromatic N) is 3. The van der Waals surface area contributed by atoms with Crippen LogP contribution in [0.5, 0.6) is 0 Å². The van der Waals surface area contributed by atoms with Crippen LogP contribution in [-0.4, -0.2) is 14.8 Å². The van der Waals surface area contributed by atoms with Crippen LogP contribution in [0, 0.1) is 19.7 Å². The summed E-state index contributed by atoms with van der Waals surface area (Å²) < 4.78 is 42.2. The van der Waals surface area contributed by atoms with Crippen molar-refractivity contribution in [3.63, 3.8) is 0 Å². The molecule has 0 radical (unpaired) electrons. The normalized spacial score (nSPS) is 11.6. The monoisotopic (exact) mass is 373 g/mol. The van der Waals surface area contributed by atoms with Crippen molar-refractivity contribution in [1.82, 2.24) is 14.8 Å². The molecule has 0 aliphatic rings. The number of hydrogen-bond donors (Lipinski definition) is 0. The zero-order valence-electron chi connectivity index (χ0n) is 14.0. The maximum Gasteiger partial charge on any atom is 0.264 e. The van der Waals surface area contributed by atoms with Crippen molar-refractivity contribution in [3.05, 3.63) is 64.4 Å². The molecule has 0 spiro atoms. The van der Waals surface area contributed by atoms with Crippen molar-refractivity contribution < 1.29 is 13.2 Å². The second kappa shape index (κ2) is 6.25. The molecule has 0 aliphatic heterocycles. The molecule has 0 atom stereocenters. The number of rotatable bonds is 3. The van der Waals surface area contributed by atoms with E-state index >= 15 is 0 Å². The van der Waals surface area contributed by atoms with Gasteiger partial charge in [-0.2, -0.15) is 5.10 Å². The van der Waals surface area contributed by atoms with Gasteiger partial charge in [0, 0.05) is 10.4 Å². The van der Waals surface area contributed by atoms with Gasteiger partial charge in [-0.25, -0.2) is 22.8 Å². The number of aromatic nitrogens is 3. The van der Waals surface area contributed by atoms with Crippen LogP contribution < -0.4 is 0 Å². The fraction of sp³-hybridized carbons (Fsp3) is 0.158. The molecule has 3 nitrogen and oxygen atoms in total. The largest absolute Gasteiger partial charge is 0.264 e. The molecule has 1 aromatic carbocycles. The summed E-state index contributed by atoms with van der Waals surface area (Å²) in [4.78, 5) is 6.49. The SMILES string of the molecule is Cc1ccc(-c2cc(C(F)F)c3c(C)nn(-c4ccc(F)cc4)c3n2)s1. The Morgan fingerprint density at radius 1 is 1.04 bits per heavy atom. The van der Waals surface area contributed by atoms with Crippen molar-refractivity contribution in [3.8, 4) is 16.3 Å². The molecule has 0 bridgehead atoms. The maximum absolute atomic E-state index is 13.7. The van der Waals surface area contributed by atoms with Gasteiger partial charge in [0.25, 0.3) is 6.43 Å². The van der Waals surface area contributed by atoms with Crippen LogP contribution >= 0.6 is 11.3 Å². The molecule has 0 amide bonds. The molecule has 0 N–H and O–H groups in total. The van der Waals surface area contributed by atoms with Gasteiger partial charge in [-0.3, -0.25) is 0 Å². The molecule has 4 aromatic rings. The Balaban J connectivity index is 2.02. The number of pyridine rings is 1. The summed E-state index contributed by atoms with van der Waals surface area (Å²) in [6, 6.07) is 10.9. The number of fused-ring (bicyclic) bond motifs is 1. The summed E-state index contributed by atoms with van der Waals surface area (Å²) in [6.45, 7) is 3.62. The summed E-state index contributed by atoms with van der Waals surface area (Å²) in [7, 11) is 0. The highest BCUT2D eigenvalue weighted by Gasteiger charge is 2.22. The first-order chi connectivity index (χ1) is 12.4. The van der Waals surface area contributed by atoms with Crippen LogP contribution in [0.2, 0.25) is 0 Å². The minimum Gasteiger partial charge on any atom is -0.227 e. The van der Waals surface area contributed by atoms with E-state index in [0.717, 1.165) is 9.75 Å². The minimum atomic E-state index is -2.65. The molecular formula is C19H14F3N3S. The van der Waals surface area contributed by atoms with Crippen molar-refractivity contribution >= 4 is 22.4 Å². The van der Waals surface area contributed by atoms with Gasteiger partial charge in [0.15, 0.2) is 5.65 Å². The average Bonchev–Trinajstić information content (AvgIpc) is 3.19. The Morgan fingerprint density at radius 2 is 1.77 bits per heavy atom. The highest BCUT2D eigenvalue weighted by molar-refractivity contribution is 7.15. The van der Waals surface area contributed by atoms with Crippen LogP contribution in [-0.2, 0) is 0 Å². The van der Waals surface area contributed by atoms with E-state index in [1.165, 1.54) is 34.2 Å². The molecular weight excluding hydrogens is 359 g/mol. The van der Waals surface area contributed by atoms with Crippen molar-refractivity contribution in [2.45, 2.75) is 20.3 Å². The third-order valence-corrected chi connectivity index (χ3v) is 5.17. The highest BCUT2D eigenvalue weighted by atomic mass is 32.1. The fourth-order valence-electron chi connectivity index (χ4n) is 2.95. The van der Waals surface area contributed by atoms with Crippen molar-refractivity contribution in [1.29, 1.82) is 0 Å². The molecule has 7 heteroatoms. The van der Waals surface area contributed by atoms with Gasteiger partial charge in [0.1, 0.15) is 5.82 Å². The number of aryl methyl sites for hydroxylation is 2. The highest BCUT2D eigenvalue weighted by Crippen LogP contribution is 2.35. The van der Waals surface area contributed by atoms with Gasteiger partial charge in [0.05, 0.1) is 27.3 Å². The van der Waals surface area contributed by atoms with Gasteiger partial charge in [-0.1, -0.05) is 0 Å². The number of alkyl halides is 2. The van der Waals surface area contributed by atoms with Crippen LogP contribution in [0.1, 0.15) is 22.6 Å². The van der Waals surface area contributed by atoms with E-state index in [0.29, 0.717) is 28.1 Å². The molecule has 0 unspecified atom stereocenters. The first kappa shape index (κ1) is 16.8. The number of thiophene rings is 1. The topological polar surface area (TPSA) is 30.7 Å². The Labute approximate surface area is 151 Å². The summed E-state index contributed by atoms with van der Waals surface area (Å²) >= 11 is 1.49. The second-order valence-corrected chi connectivity index (χ2v) is 7.27. The Hall–Kier alpha value is -2.67. The maximum atomic E-state index is 13.7. The molecule has 0 fully saturated rings. The van der Waals surface area contributed by atoms with Crippen LogP contribution in [0.4, 0.5) is 13.2 Å². The standard InChI is InChI=1S/C19H14F3N3S/c1-10-3-8-16(26-10)15-9-14(18(21)22)17-11(2)24-25(19(17)23-15)13-6-4-12(20)5-7-13/h3-9,18H,1-2H3. The Kier molecular flexibility index (Phi) is 4.03. The zero-order chi connectivity index (χ0) is 18.4. The molecule has 3 heterocycles. The van der Waals surface area contributed by atoms with Crippen molar-refractivity contribution in [2.24, 2.45) is 0 Å². The van der Waals surface area contributed by atoms with E-state index < -0.39 is 6.43 Å². The molecule has 4 rings (SSSR count). The summed E-state index contributed by atoms with van der Waals surface area (Å²) in [6.07, 6.45) is -2.65. The predicted octanol–water partition coefficient (Wildman–Crippen LogP) is 5.84. The lowest BCUT2D eigenvalue weighted by atomic mass is 10.1. The quantitative estimate of drug-likeness (QED) is 0.451. The smallest absolute Gasteiger partial charge is 0.227 e. The van der Waals surface area contributed by atoms with E-state index in [-0.39, 0.29) is 11.4 Å². The van der Waals surface area contributed by atoms with Crippen molar-refractivity contribution in [2.75, 3.05) is 0 Å². The fourth-order valence-corrected chi connectivity index (χ4v) is 3.78. The number of halogens is 3. The van der Waals surface area contributed by atoms with Gasteiger partial charge < -0.3 is 0 Å². The van der Waals surface area contributed by atoms with Gasteiger partial charge in [0.2, 0.25) is 0 Å². The lowest BCUT2D eigenvalue weighted by Gasteiger charge is -2.08. The third kappa shape index (κ3) is 2.78. The van der Waals surface area contributed by atoms with Gasteiger partial charge >= 0.3 is 0 Å². The average molecular weight is 373 g/mol. The van der Waals surface area contributed by atoms with E-state index in [1.807, 2.05) is 19.1 Å². The zero-order valence-corrected chi connectivity index (χ0v) is 14.8.